The number of hydrogen-bond acceptors (Lipinski definition) is 4. The standard InChI is InChI=1S/C6H16N4OS/c1-8-5(9-2)3-4-10(12)6(7)11/h5,8-9,12H,3-4H2,1-2H3,(H2,7,11). The molecule has 4 N–H and O–H groups in total. The molecular formula is C6H16N4OS. The summed E-state index contributed by atoms with van der Waals surface area (Å²) in [4.78, 5) is 10.5. The zero-order valence-electron chi connectivity index (χ0n) is 7.37. The summed E-state index contributed by atoms with van der Waals surface area (Å²) < 4.78 is 1.18. The molecule has 6 heteroatoms. The molecule has 0 aromatic rings. The van der Waals surface area contributed by atoms with Crippen LogP contribution in [-0.2, 0) is 0 Å². The number of primary amides is 1. The first-order chi connectivity index (χ1) is 5.61. The molecule has 0 aliphatic heterocycles. The van der Waals surface area contributed by atoms with E-state index in [1.165, 1.54) is 4.31 Å². The highest BCUT2D eigenvalue weighted by atomic mass is 32.1. The summed E-state index contributed by atoms with van der Waals surface area (Å²) >= 11 is 3.88. The minimum absolute atomic E-state index is 0.180. The second-order valence-corrected chi connectivity index (χ2v) is 2.86. The average Bonchev–Trinajstić information content (AvgIpc) is 2.05. The molecule has 0 bridgehead atoms. The Labute approximate surface area is 78.2 Å². The Balaban J connectivity index is 3.58. The van der Waals surface area contributed by atoms with E-state index < -0.39 is 6.03 Å². The van der Waals surface area contributed by atoms with Gasteiger partial charge in [-0.05, 0) is 20.5 Å². The van der Waals surface area contributed by atoms with Crippen LogP contribution in [-0.4, -0.2) is 37.1 Å². The van der Waals surface area contributed by atoms with Gasteiger partial charge in [-0.1, -0.05) is 12.8 Å². The van der Waals surface area contributed by atoms with Crippen molar-refractivity contribution in [3.05, 3.63) is 0 Å². The molecule has 0 atom stereocenters. The van der Waals surface area contributed by atoms with Crippen LogP contribution in [0.5, 0.6) is 0 Å². The molecule has 0 spiro atoms. The van der Waals surface area contributed by atoms with Gasteiger partial charge in [0.1, 0.15) is 0 Å². The predicted octanol–water partition coefficient (Wildman–Crippen LogP) is -0.633. The molecule has 0 saturated carbocycles. The van der Waals surface area contributed by atoms with Gasteiger partial charge in [-0.2, -0.15) is 0 Å². The summed E-state index contributed by atoms with van der Waals surface area (Å²) in [5, 5.41) is 6.04. The monoisotopic (exact) mass is 192 g/mol. The molecule has 0 aliphatic rings. The van der Waals surface area contributed by atoms with Crippen molar-refractivity contribution in [3.63, 3.8) is 0 Å². The van der Waals surface area contributed by atoms with Crippen molar-refractivity contribution in [2.24, 2.45) is 5.73 Å². The van der Waals surface area contributed by atoms with E-state index >= 15 is 0 Å². The van der Waals surface area contributed by atoms with E-state index in [9.17, 15) is 4.79 Å². The van der Waals surface area contributed by atoms with Gasteiger partial charge in [-0.3, -0.25) is 4.31 Å². The summed E-state index contributed by atoms with van der Waals surface area (Å²) in [6, 6.07) is -0.524. The zero-order chi connectivity index (χ0) is 9.56. The Morgan fingerprint density at radius 2 is 2.08 bits per heavy atom. The van der Waals surface area contributed by atoms with Gasteiger partial charge in [0, 0.05) is 6.54 Å². The normalized spacial score (nSPS) is 10.3. The maximum atomic E-state index is 10.5. The fourth-order valence-corrected chi connectivity index (χ4v) is 0.910. The quantitative estimate of drug-likeness (QED) is 0.346. The molecule has 12 heavy (non-hydrogen) atoms. The second kappa shape index (κ2) is 6.10. The van der Waals surface area contributed by atoms with E-state index in [-0.39, 0.29) is 6.17 Å². The SMILES string of the molecule is CNC(CCN(S)C(N)=O)NC. The molecule has 0 aromatic carbocycles. The summed E-state index contributed by atoms with van der Waals surface area (Å²) in [7, 11) is 3.68. The minimum atomic E-state index is -0.524. The fraction of sp³-hybridized carbons (Fsp3) is 0.833. The highest BCUT2D eigenvalue weighted by molar-refractivity contribution is 7.78. The summed E-state index contributed by atoms with van der Waals surface area (Å²) in [6.07, 6.45) is 0.943. The smallest absolute Gasteiger partial charge is 0.324 e. The van der Waals surface area contributed by atoms with Crippen molar-refractivity contribution in [2.75, 3.05) is 20.6 Å². The van der Waals surface area contributed by atoms with Gasteiger partial charge in [0.15, 0.2) is 0 Å². The zero-order valence-corrected chi connectivity index (χ0v) is 8.27. The summed E-state index contributed by atoms with van der Waals surface area (Å²) in [6.45, 7) is 0.519. The molecule has 0 fully saturated rings. The van der Waals surface area contributed by atoms with E-state index in [0.717, 1.165) is 6.42 Å². The number of carbonyl (C=O) groups excluding carboxylic acids is 1. The molecule has 0 radical (unpaired) electrons. The molecule has 5 nitrogen and oxygen atoms in total. The Hall–Kier alpha value is -0.460. The van der Waals surface area contributed by atoms with Crippen LogP contribution in [0.2, 0.25) is 0 Å². The van der Waals surface area contributed by atoms with E-state index in [0.29, 0.717) is 6.54 Å². The van der Waals surface area contributed by atoms with Crippen LogP contribution in [0.3, 0.4) is 0 Å². The van der Waals surface area contributed by atoms with Gasteiger partial charge in [0.2, 0.25) is 0 Å². The Morgan fingerprint density at radius 1 is 1.58 bits per heavy atom. The Bertz CT molecular complexity index is 140. The van der Waals surface area contributed by atoms with Crippen molar-refractivity contribution in [3.8, 4) is 0 Å². The van der Waals surface area contributed by atoms with Crippen LogP contribution in [0.4, 0.5) is 4.79 Å². The fourth-order valence-electron chi connectivity index (χ4n) is 0.795. The second-order valence-electron chi connectivity index (χ2n) is 2.38. The molecule has 0 heterocycles. The lowest BCUT2D eigenvalue weighted by Gasteiger charge is -2.18. The molecule has 0 saturated heterocycles. The van der Waals surface area contributed by atoms with Gasteiger partial charge in [-0.25, -0.2) is 4.79 Å². The van der Waals surface area contributed by atoms with E-state index in [1.807, 2.05) is 14.1 Å². The van der Waals surface area contributed by atoms with Crippen LogP contribution in [0.15, 0.2) is 0 Å². The molecule has 72 valence electrons. The first kappa shape index (κ1) is 11.5. The van der Waals surface area contributed by atoms with Crippen LogP contribution < -0.4 is 16.4 Å². The van der Waals surface area contributed by atoms with Crippen molar-refractivity contribution in [2.45, 2.75) is 12.6 Å². The number of thiol groups is 1. The first-order valence-electron chi connectivity index (χ1n) is 3.72. The Morgan fingerprint density at radius 3 is 2.42 bits per heavy atom. The van der Waals surface area contributed by atoms with Gasteiger partial charge < -0.3 is 16.4 Å². The van der Waals surface area contributed by atoms with Gasteiger partial charge in [0.25, 0.3) is 0 Å². The van der Waals surface area contributed by atoms with Crippen molar-refractivity contribution >= 4 is 18.8 Å². The first-order valence-corrected chi connectivity index (χ1v) is 4.12. The average molecular weight is 192 g/mol. The van der Waals surface area contributed by atoms with E-state index in [1.54, 1.807) is 0 Å². The van der Waals surface area contributed by atoms with Crippen LogP contribution >= 0.6 is 12.8 Å². The third-order valence-corrected chi connectivity index (χ3v) is 1.98. The third-order valence-electron chi connectivity index (χ3n) is 1.58. The topological polar surface area (TPSA) is 70.4 Å². The highest BCUT2D eigenvalue weighted by Crippen LogP contribution is 1.96. The number of nitrogens with two attached hydrogens (primary N) is 1. The minimum Gasteiger partial charge on any atom is -0.351 e. The lowest BCUT2D eigenvalue weighted by atomic mass is 10.3. The van der Waals surface area contributed by atoms with Crippen molar-refractivity contribution < 1.29 is 4.79 Å². The number of amides is 2. The number of carbonyl (C=O) groups is 1. The molecular weight excluding hydrogens is 176 g/mol. The summed E-state index contributed by atoms with van der Waals surface area (Å²) in [5.74, 6) is 0. The largest absolute Gasteiger partial charge is 0.351 e. The van der Waals surface area contributed by atoms with E-state index in [4.69, 9.17) is 5.73 Å². The predicted molar refractivity (Wildman–Crippen MR) is 51.8 cm³/mol. The molecule has 0 unspecified atom stereocenters. The molecule has 0 rings (SSSR count). The van der Waals surface area contributed by atoms with Crippen molar-refractivity contribution in [1.29, 1.82) is 0 Å². The van der Waals surface area contributed by atoms with Crippen LogP contribution in [0.1, 0.15) is 6.42 Å². The number of nitrogens with one attached hydrogen (secondary N) is 2. The summed E-state index contributed by atoms with van der Waals surface area (Å²) in [5.41, 5.74) is 4.97. The van der Waals surface area contributed by atoms with Gasteiger partial charge in [-0.15, -0.1) is 0 Å². The molecule has 0 aromatic heterocycles. The van der Waals surface area contributed by atoms with Crippen LogP contribution in [0, 0.1) is 0 Å². The number of nitrogens with zero attached hydrogens (tertiary/aromatic N) is 1. The lowest BCUT2D eigenvalue weighted by Crippen LogP contribution is -2.41. The van der Waals surface area contributed by atoms with Crippen molar-refractivity contribution in [1.82, 2.24) is 14.9 Å². The number of rotatable bonds is 5. The van der Waals surface area contributed by atoms with E-state index in [2.05, 4.69) is 23.4 Å². The third kappa shape index (κ3) is 4.42. The van der Waals surface area contributed by atoms with Gasteiger partial charge in [0.05, 0.1) is 6.17 Å². The maximum absolute atomic E-state index is 10.5. The van der Waals surface area contributed by atoms with Gasteiger partial charge >= 0.3 is 6.03 Å². The maximum Gasteiger partial charge on any atom is 0.324 e. The lowest BCUT2D eigenvalue weighted by molar-refractivity contribution is 0.233. The number of hydrogen-bond donors (Lipinski definition) is 4. The number of urea groups is 1. The van der Waals surface area contributed by atoms with Crippen LogP contribution in [0.25, 0.3) is 0 Å². The molecule has 0 aliphatic carbocycles. The highest BCUT2D eigenvalue weighted by Gasteiger charge is 2.07. The molecule has 2 amide bonds. The Kier molecular flexibility index (Phi) is 5.87.